The first-order chi connectivity index (χ1) is 14.2. The van der Waals surface area contributed by atoms with Crippen LogP contribution in [0, 0.1) is 0 Å². The van der Waals surface area contributed by atoms with E-state index in [4.69, 9.17) is 4.74 Å². The monoisotopic (exact) mass is 410 g/mol. The molecule has 1 amide bonds. The van der Waals surface area contributed by atoms with Crippen LogP contribution in [-0.4, -0.2) is 33.0 Å². The summed E-state index contributed by atoms with van der Waals surface area (Å²) < 4.78 is 7.96. The molecule has 6 nitrogen and oxygen atoms in total. The van der Waals surface area contributed by atoms with Gasteiger partial charge >= 0.3 is 0 Å². The number of carbonyl (C=O) groups is 1. The molecule has 1 N–H and O–H groups in total. The van der Waals surface area contributed by atoms with E-state index >= 15 is 0 Å². The highest BCUT2D eigenvalue weighted by Gasteiger charge is 2.19. The molecule has 0 spiro atoms. The van der Waals surface area contributed by atoms with Crippen LogP contribution in [0.4, 0.5) is 0 Å². The molecule has 0 bridgehead atoms. The molecular weight excluding hydrogens is 384 g/mol. The van der Waals surface area contributed by atoms with Crippen molar-refractivity contribution in [1.29, 1.82) is 0 Å². The Kier molecular flexibility index (Phi) is 7.69. The summed E-state index contributed by atoms with van der Waals surface area (Å²) in [6, 6.07) is 19.8. The number of ether oxygens (including phenoxy) is 1. The molecule has 0 saturated heterocycles. The number of para-hydroxylation sites is 1. The zero-order valence-corrected chi connectivity index (χ0v) is 17.6. The molecular formula is C22H26N4O2S. The van der Waals surface area contributed by atoms with Crippen LogP contribution in [0.1, 0.15) is 31.3 Å². The van der Waals surface area contributed by atoms with Crippen LogP contribution in [0.25, 0.3) is 0 Å². The van der Waals surface area contributed by atoms with E-state index in [1.807, 2.05) is 66.9 Å². The van der Waals surface area contributed by atoms with Gasteiger partial charge in [-0.2, -0.15) is 0 Å². The fraction of sp³-hybridized carbons (Fsp3) is 0.318. The quantitative estimate of drug-likeness (QED) is 0.514. The zero-order chi connectivity index (χ0) is 20.5. The van der Waals surface area contributed by atoms with E-state index in [0.717, 1.165) is 23.2 Å². The summed E-state index contributed by atoms with van der Waals surface area (Å²) in [7, 11) is 0. The summed E-state index contributed by atoms with van der Waals surface area (Å²) in [5.41, 5.74) is 1.21. The van der Waals surface area contributed by atoms with E-state index < -0.39 is 0 Å². The number of carbonyl (C=O) groups excluding carboxylic acids is 1. The largest absolute Gasteiger partial charge is 0.483 e. The Hall–Kier alpha value is -2.80. The van der Waals surface area contributed by atoms with Gasteiger partial charge in [-0.15, -0.1) is 10.2 Å². The van der Waals surface area contributed by atoms with E-state index in [-0.39, 0.29) is 12.0 Å². The molecule has 0 aliphatic heterocycles. The van der Waals surface area contributed by atoms with Gasteiger partial charge < -0.3 is 14.6 Å². The van der Waals surface area contributed by atoms with Gasteiger partial charge in [0, 0.05) is 13.1 Å². The van der Waals surface area contributed by atoms with Crippen LogP contribution in [-0.2, 0) is 17.8 Å². The molecule has 0 unspecified atom stereocenters. The molecule has 2 aromatic carbocycles. The molecule has 0 saturated carbocycles. The summed E-state index contributed by atoms with van der Waals surface area (Å²) in [5.74, 6) is 1.84. The first-order valence-corrected chi connectivity index (χ1v) is 10.7. The third kappa shape index (κ3) is 6.09. The summed E-state index contributed by atoms with van der Waals surface area (Å²) in [5, 5.41) is 12.2. The van der Waals surface area contributed by atoms with Gasteiger partial charge in [0.05, 0.1) is 5.75 Å². The van der Waals surface area contributed by atoms with Crippen LogP contribution >= 0.6 is 11.8 Å². The first-order valence-electron chi connectivity index (χ1n) is 9.75. The number of hydrogen-bond donors (Lipinski definition) is 1. The lowest BCUT2D eigenvalue weighted by Crippen LogP contribution is -2.27. The molecule has 1 aromatic heterocycles. The number of hydrogen-bond acceptors (Lipinski definition) is 5. The van der Waals surface area contributed by atoms with Gasteiger partial charge in [-0.25, -0.2) is 0 Å². The summed E-state index contributed by atoms with van der Waals surface area (Å²) in [6.45, 7) is 5.32. The van der Waals surface area contributed by atoms with Crippen LogP contribution < -0.4 is 10.1 Å². The lowest BCUT2D eigenvalue weighted by Gasteiger charge is -2.15. The highest BCUT2D eigenvalue weighted by Crippen LogP contribution is 2.24. The predicted molar refractivity (Wildman–Crippen MR) is 115 cm³/mol. The van der Waals surface area contributed by atoms with E-state index in [1.165, 1.54) is 17.3 Å². The Bertz CT molecular complexity index is 900. The molecule has 0 aliphatic rings. The van der Waals surface area contributed by atoms with Gasteiger partial charge in [0.15, 0.2) is 17.1 Å². The van der Waals surface area contributed by atoms with E-state index in [9.17, 15) is 4.79 Å². The average Bonchev–Trinajstić information content (AvgIpc) is 3.17. The van der Waals surface area contributed by atoms with Gasteiger partial charge in [0.2, 0.25) is 5.91 Å². The highest BCUT2D eigenvalue weighted by molar-refractivity contribution is 7.99. The lowest BCUT2D eigenvalue weighted by molar-refractivity contribution is -0.118. The van der Waals surface area contributed by atoms with Crippen molar-refractivity contribution in [3.05, 3.63) is 72.1 Å². The SMILES string of the molecule is CCn1c(SCC(=O)NCCc2ccccc2)nnc1[C@@H](C)Oc1ccccc1. The minimum absolute atomic E-state index is 0.00767. The average molecular weight is 411 g/mol. The summed E-state index contributed by atoms with van der Waals surface area (Å²) in [6.07, 6.45) is 0.583. The van der Waals surface area contributed by atoms with Crippen molar-refractivity contribution in [3.8, 4) is 5.75 Å². The molecule has 3 rings (SSSR count). The van der Waals surface area contributed by atoms with E-state index in [1.54, 1.807) is 0 Å². The molecule has 1 heterocycles. The number of benzene rings is 2. The highest BCUT2D eigenvalue weighted by atomic mass is 32.2. The number of amides is 1. The Labute approximate surface area is 175 Å². The third-order valence-corrected chi connectivity index (χ3v) is 5.36. The van der Waals surface area contributed by atoms with Gasteiger partial charge in [-0.1, -0.05) is 60.3 Å². The smallest absolute Gasteiger partial charge is 0.230 e. The zero-order valence-electron chi connectivity index (χ0n) is 16.7. The van der Waals surface area contributed by atoms with Gasteiger partial charge in [0.25, 0.3) is 0 Å². The Morgan fingerprint density at radius 2 is 1.79 bits per heavy atom. The number of nitrogens with zero attached hydrogens (tertiary/aromatic N) is 3. The van der Waals surface area contributed by atoms with Crippen LogP contribution in [0.2, 0.25) is 0 Å². The standard InChI is InChI=1S/C22H26N4O2S/c1-3-26-21(17(2)28-19-12-8-5-9-13-19)24-25-22(26)29-16-20(27)23-15-14-18-10-6-4-7-11-18/h4-13,17H,3,14-16H2,1-2H3,(H,23,27)/t17-/m1/s1. The molecule has 29 heavy (non-hydrogen) atoms. The maximum atomic E-state index is 12.2. The minimum Gasteiger partial charge on any atom is -0.483 e. The first kappa shape index (κ1) is 20.9. The molecule has 0 radical (unpaired) electrons. The molecule has 0 aliphatic carbocycles. The second-order valence-electron chi connectivity index (χ2n) is 6.53. The van der Waals surface area contributed by atoms with Crippen molar-refractivity contribution in [2.45, 2.75) is 38.1 Å². The summed E-state index contributed by atoms with van der Waals surface area (Å²) in [4.78, 5) is 12.2. The van der Waals surface area contributed by atoms with Crippen LogP contribution in [0.5, 0.6) is 5.75 Å². The normalized spacial score (nSPS) is 11.8. The Morgan fingerprint density at radius 1 is 1.10 bits per heavy atom. The van der Waals surface area contributed by atoms with E-state index in [0.29, 0.717) is 18.8 Å². The van der Waals surface area contributed by atoms with Crippen molar-refractivity contribution in [2.75, 3.05) is 12.3 Å². The summed E-state index contributed by atoms with van der Waals surface area (Å²) >= 11 is 1.39. The van der Waals surface area contributed by atoms with Crippen molar-refractivity contribution in [1.82, 2.24) is 20.1 Å². The predicted octanol–water partition coefficient (Wildman–Crippen LogP) is 3.89. The number of aromatic nitrogens is 3. The van der Waals surface area contributed by atoms with Crippen LogP contribution in [0.15, 0.2) is 65.8 Å². The van der Waals surface area contributed by atoms with Crippen LogP contribution in [0.3, 0.4) is 0 Å². The van der Waals surface area contributed by atoms with Crippen molar-refractivity contribution in [3.63, 3.8) is 0 Å². The Morgan fingerprint density at radius 3 is 2.48 bits per heavy atom. The Balaban J connectivity index is 1.51. The fourth-order valence-corrected chi connectivity index (χ4v) is 3.77. The van der Waals surface area contributed by atoms with Gasteiger partial charge in [-0.05, 0) is 38.0 Å². The number of thioether (sulfide) groups is 1. The lowest BCUT2D eigenvalue weighted by atomic mass is 10.1. The van der Waals surface area contributed by atoms with Crippen molar-refractivity contribution in [2.24, 2.45) is 0 Å². The maximum Gasteiger partial charge on any atom is 0.230 e. The fourth-order valence-electron chi connectivity index (χ4n) is 2.93. The van der Waals surface area contributed by atoms with Crippen molar-refractivity contribution < 1.29 is 9.53 Å². The van der Waals surface area contributed by atoms with Gasteiger partial charge in [-0.3, -0.25) is 4.79 Å². The second-order valence-corrected chi connectivity index (χ2v) is 7.47. The molecule has 0 fully saturated rings. The number of nitrogens with one attached hydrogen (secondary N) is 1. The minimum atomic E-state index is -0.237. The van der Waals surface area contributed by atoms with Crippen molar-refractivity contribution >= 4 is 17.7 Å². The topological polar surface area (TPSA) is 69.0 Å². The number of rotatable bonds is 10. The maximum absolute atomic E-state index is 12.2. The van der Waals surface area contributed by atoms with Gasteiger partial charge in [0.1, 0.15) is 5.75 Å². The second kappa shape index (κ2) is 10.7. The molecule has 1 atom stereocenters. The van der Waals surface area contributed by atoms with E-state index in [2.05, 4.69) is 27.6 Å². The molecule has 3 aromatic rings. The molecule has 7 heteroatoms. The third-order valence-electron chi connectivity index (χ3n) is 4.39. The molecule has 152 valence electrons.